The van der Waals surface area contributed by atoms with E-state index in [0.29, 0.717) is 32.9 Å². The van der Waals surface area contributed by atoms with Gasteiger partial charge in [0, 0.05) is 27.7 Å². The van der Waals surface area contributed by atoms with E-state index in [4.69, 9.17) is 16.3 Å². The lowest BCUT2D eigenvalue weighted by molar-refractivity contribution is -0.115. The number of thioether (sulfide) groups is 1. The third-order valence-corrected chi connectivity index (χ3v) is 5.34. The fourth-order valence-electron chi connectivity index (χ4n) is 2.71. The molecule has 0 spiro atoms. The highest BCUT2D eigenvalue weighted by Gasteiger charge is 2.13. The zero-order chi connectivity index (χ0) is 20.8. The molecule has 0 aliphatic rings. The van der Waals surface area contributed by atoms with Gasteiger partial charge in [0.15, 0.2) is 5.16 Å². The third-order valence-electron chi connectivity index (χ3n) is 4.16. The van der Waals surface area contributed by atoms with Gasteiger partial charge in [0.25, 0.3) is 5.56 Å². The number of carbonyl (C=O) groups excluding carboxylic acids is 1. The minimum absolute atomic E-state index is 0.0679. The zero-order valence-electron chi connectivity index (χ0n) is 16.0. The van der Waals surface area contributed by atoms with Crippen LogP contribution in [0.4, 0.5) is 5.69 Å². The summed E-state index contributed by atoms with van der Waals surface area (Å²) in [6, 6.07) is 14.6. The normalized spacial score (nSPS) is 10.6. The molecule has 1 heterocycles. The average molecular weight is 430 g/mol. The van der Waals surface area contributed by atoms with Crippen molar-refractivity contribution < 1.29 is 9.53 Å². The zero-order valence-corrected chi connectivity index (χ0v) is 17.6. The quantitative estimate of drug-likeness (QED) is 0.434. The Bertz CT molecular complexity index is 1080. The van der Waals surface area contributed by atoms with Gasteiger partial charge < -0.3 is 15.0 Å². The van der Waals surface area contributed by atoms with Crippen molar-refractivity contribution in [2.24, 2.45) is 0 Å². The van der Waals surface area contributed by atoms with E-state index >= 15 is 0 Å². The van der Waals surface area contributed by atoms with Crippen LogP contribution < -0.4 is 15.6 Å². The summed E-state index contributed by atoms with van der Waals surface area (Å²) in [4.78, 5) is 32.0. The van der Waals surface area contributed by atoms with E-state index in [1.165, 1.54) is 11.8 Å². The largest absolute Gasteiger partial charge is 0.497 e. The van der Waals surface area contributed by atoms with Gasteiger partial charge in [-0.15, -0.1) is 0 Å². The molecule has 1 aromatic heterocycles. The van der Waals surface area contributed by atoms with Crippen LogP contribution >= 0.6 is 23.4 Å². The smallest absolute Gasteiger partial charge is 0.255 e. The number of aromatic nitrogens is 2. The first kappa shape index (κ1) is 21.0. The van der Waals surface area contributed by atoms with Crippen molar-refractivity contribution in [3.05, 3.63) is 80.7 Å². The molecule has 0 radical (unpaired) electrons. The maximum absolute atomic E-state index is 12.5. The summed E-state index contributed by atoms with van der Waals surface area (Å²) in [6.07, 6.45) is -0.0679. The van der Waals surface area contributed by atoms with Gasteiger partial charge in [0.1, 0.15) is 5.75 Å². The lowest BCUT2D eigenvalue weighted by atomic mass is 10.1. The molecule has 0 aliphatic carbocycles. The van der Waals surface area contributed by atoms with Crippen molar-refractivity contribution in [1.82, 2.24) is 9.97 Å². The van der Waals surface area contributed by atoms with Crippen molar-refractivity contribution in [3.8, 4) is 5.75 Å². The van der Waals surface area contributed by atoms with Crippen molar-refractivity contribution >= 4 is 35.0 Å². The fraction of sp³-hybridized carbons (Fsp3) is 0.190. The Kier molecular flexibility index (Phi) is 6.95. The molecule has 8 heteroatoms. The number of hydrogen-bond donors (Lipinski definition) is 2. The van der Waals surface area contributed by atoms with Gasteiger partial charge in [0.05, 0.1) is 13.5 Å². The summed E-state index contributed by atoms with van der Waals surface area (Å²) in [6.45, 7) is 1.73. The first-order chi connectivity index (χ1) is 13.9. The standard InChI is InChI=1S/C21H20ClN3O3S/c1-13-18(11-19(26)24-16-7-4-6-15(22)10-16)20(27)25-21(23-13)29-12-14-5-3-8-17(9-14)28-2/h3-10H,11-12H2,1-2H3,(H,24,26)(H,23,25,27). The second-order valence-corrected chi connectivity index (χ2v) is 7.71. The SMILES string of the molecule is COc1cccc(CSc2nc(C)c(CC(=O)Nc3cccc(Cl)c3)c(=O)[nH]2)c1. The van der Waals surface area contributed by atoms with Crippen molar-refractivity contribution in [2.45, 2.75) is 24.3 Å². The lowest BCUT2D eigenvalue weighted by Gasteiger charge is -2.09. The third kappa shape index (κ3) is 5.85. The van der Waals surface area contributed by atoms with Crippen LogP contribution in [-0.2, 0) is 17.0 Å². The summed E-state index contributed by atoms with van der Waals surface area (Å²) in [5.74, 6) is 1.11. The highest BCUT2D eigenvalue weighted by atomic mass is 35.5. The molecule has 0 aliphatic heterocycles. The molecule has 150 valence electrons. The van der Waals surface area contributed by atoms with Crippen LogP contribution in [0.3, 0.4) is 0 Å². The second kappa shape index (κ2) is 9.62. The number of aromatic amines is 1. The molecule has 0 saturated carbocycles. The highest BCUT2D eigenvalue weighted by molar-refractivity contribution is 7.98. The number of ether oxygens (including phenoxy) is 1. The highest BCUT2D eigenvalue weighted by Crippen LogP contribution is 2.22. The summed E-state index contributed by atoms with van der Waals surface area (Å²) in [5, 5.41) is 3.77. The van der Waals surface area contributed by atoms with Crippen LogP contribution in [0, 0.1) is 6.92 Å². The molecule has 3 aromatic rings. The van der Waals surface area contributed by atoms with E-state index in [0.717, 1.165) is 11.3 Å². The first-order valence-electron chi connectivity index (χ1n) is 8.85. The van der Waals surface area contributed by atoms with Crippen LogP contribution in [0.5, 0.6) is 5.75 Å². The van der Waals surface area contributed by atoms with Gasteiger partial charge in [-0.25, -0.2) is 4.98 Å². The molecular formula is C21H20ClN3O3S. The van der Waals surface area contributed by atoms with E-state index in [1.807, 2.05) is 24.3 Å². The number of amides is 1. The van der Waals surface area contributed by atoms with Crippen molar-refractivity contribution in [1.29, 1.82) is 0 Å². The maximum atomic E-state index is 12.5. The molecule has 6 nitrogen and oxygen atoms in total. The number of halogens is 1. The van der Waals surface area contributed by atoms with E-state index in [9.17, 15) is 9.59 Å². The molecule has 2 N–H and O–H groups in total. The van der Waals surface area contributed by atoms with E-state index in [-0.39, 0.29) is 17.9 Å². The number of carbonyl (C=O) groups is 1. The number of benzene rings is 2. The number of methoxy groups -OCH3 is 1. The van der Waals surface area contributed by atoms with Crippen LogP contribution in [0.1, 0.15) is 16.8 Å². The maximum Gasteiger partial charge on any atom is 0.255 e. The molecule has 3 rings (SSSR count). The van der Waals surface area contributed by atoms with Crippen LogP contribution in [0.15, 0.2) is 58.5 Å². The predicted octanol–water partition coefficient (Wildman–Crippen LogP) is 4.21. The second-order valence-electron chi connectivity index (χ2n) is 6.31. The van der Waals surface area contributed by atoms with Gasteiger partial charge in [-0.2, -0.15) is 0 Å². The van der Waals surface area contributed by atoms with Gasteiger partial charge >= 0.3 is 0 Å². The van der Waals surface area contributed by atoms with Gasteiger partial charge in [-0.05, 0) is 42.8 Å². The van der Waals surface area contributed by atoms with Crippen LogP contribution in [0.2, 0.25) is 5.02 Å². The Morgan fingerprint density at radius 1 is 1.24 bits per heavy atom. The van der Waals surface area contributed by atoms with E-state index in [2.05, 4.69) is 15.3 Å². The Morgan fingerprint density at radius 2 is 2.03 bits per heavy atom. The molecule has 0 atom stereocenters. The molecule has 29 heavy (non-hydrogen) atoms. The number of hydrogen-bond acceptors (Lipinski definition) is 5. The Balaban J connectivity index is 1.67. The molecule has 0 fully saturated rings. The summed E-state index contributed by atoms with van der Waals surface area (Å²) >= 11 is 7.34. The molecule has 0 saturated heterocycles. The number of H-pyrrole nitrogens is 1. The molecular weight excluding hydrogens is 410 g/mol. The summed E-state index contributed by atoms with van der Waals surface area (Å²) < 4.78 is 5.22. The number of nitrogens with one attached hydrogen (secondary N) is 2. The Morgan fingerprint density at radius 3 is 2.76 bits per heavy atom. The van der Waals surface area contributed by atoms with Crippen molar-refractivity contribution in [3.63, 3.8) is 0 Å². The topological polar surface area (TPSA) is 84.1 Å². The van der Waals surface area contributed by atoms with Gasteiger partial charge in [0.2, 0.25) is 5.91 Å². The lowest BCUT2D eigenvalue weighted by Crippen LogP contribution is -2.23. The molecule has 0 bridgehead atoms. The molecule has 2 aromatic carbocycles. The first-order valence-corrected chi connectivity index (χ1v) is 10.2. The number of aryl methyl sites for hydroxylation is 1. The summed E-state index contributed by atoms with van der Waals surface area (Å²) in [7, 11) is 1.62. The van der Waals surface area contributed by atoms with Gasteiger partial charge in [-0.3, -0.25) is 9.59 Å². The predicted molar refractivity (Wildman–Crippen MR) is 116 cm³/mol. The molecule has 0 unspecified atom stereocenters. The fourth-order valence-corrected chi connectivity index (χ4v) is 3.75. The van der Waals surface area contributed by atoms with Crippen molar-refractivity contribution in [2.75, 3.05) is 12.4 Å². The van der Waals surface area contributed by atoms with E-state index in [1.54, 1.807) is 38.3 Å². The van der Waals surface area contributed by atoms with Crippen LogP contribution in [-0.4, -0.2) is 23.0 Å². The number of nitrogens with zero attached hydrogens (tertiary/aromatic N) is 1. The number of rotatable bonds is 7. The Hall–Kier alpha value is -2.77. The molecule has 1 amide bonds. The average Bonchev–Trinajstić information content (AvgIpc) is 2.69. The van der Waals surface area contributed by atoms with Crippen LogP contribution in [0.25, 0.3) is 0 Å². The van der Waals surface area contributed by atoms with E-state index < -0.39 is 0 Å². The monoisotopic (exact) mass is 429 g/mol. The minimum Gasteiger partial charge on any atom is -0.497 e. The minimum atomic E-state index is -0.313. The summed E-state index contributed by atoms with van der Waals surface area (Å²) in [5.41, 5.74) is 2.19. The Labute approximate surface area is 177 Å². The van der Waals surface area contributed by atoms with Gasteiger partial charge in [-0.1, -0.05) is 41.6 Å². The number of anilines is 1.